The van der Waals surface area contributed by atoms with Gasteiger partial charge in [-0.15, -0.1) is 11.3 Å². The van der Waals surface area contributed by atoms with Crippen LogP contribution in [0.15, 0.2) is 36.4 Å². The van der Waals surface area contributed by atoms with Gasteiger partial charge in [0.1, 0.15) is 4.88 Å². The van der Waals surface area contributed by atoms with Gasteiger partial charge in [0.05, 0.1) is 12.0 Å². The van der Waals surface area contributed by atoms with Crippen molar-refractivity contribution in [1.82, 2.24) is 0 Å². The maximum atomic E-state index is 12.7. The minimum Gasteiger partial charge on any atom is -0.465 e. The molecule has 0 aliphatic carbocycles. The summed E-state index contributed by atoms with van der Waals surface area (Å²) < 4.78 is 4.68. The van der Waals surface area contributed by atoms with E-state index in [1.807, 2.05) is 36.1 Å². The number of carbonyl (C=O) groups is 2. The van der Waals surface area contributed by atoms with Crippen LogP contribution in [-0.4, -0.2) is 25.0 Å². The molecule has 108 valence electrons. The standard InChI is InChI=1S/C16H15NO3S/c1-10-9-11-5-3-4-6-12(11)17(10)15(18)13-7-8-14(21-13)16(19)20-2/h3-8,10H,9H2,1-2H3/t10-/m0/s1. The van der Waals surface area contributed by atoms with Crippen LogP contribution in [0, 0.1) is 0 Å². The third-order valence-corrected chi connectivity index (χ3v) is 4.68. The Morgan fingerprint density at radius 3 is 2.67 bits per heavy atom. The minimum atomic E-state index is -0.408. The Bertz CT molecular complexity index is 707. The molecule has 1 aromatic carbocycles. The first kappa shape index (κ1) is 13.8. The first-order valence-corrected chi connectivity index (χ1v) is 7.53. The molecule has 0 spiro atoms. The number of benzene rings is 1. The first-order chi connectivity index (χ1) is 10.1. The summed E-state index contributed by atoms with van der Waals surface area (Å²) in [5, 5.41) is 0. The average molecular weight is 301 g/mol. The van der Waals surface area contributed by atoms with E-state index in [0.717, 1.165) is 12.1 Å². The zero-order valence-electron chi connectivity index (χ0n) is 11.8. The number of esters is 1. The normalized spacial score (nSPS) is 16.7. The Hall–Kier alpha value is -2.14. The maximum absolute atomic E-state index is 12.7. The van der Waals surface area contributed by atoms with Crippen LogP contribution in [0.2, 0.25) is 0 Å². The van der Waals surface area contributed by atoms with Crippen LogP contribution in [0.25, 0.3) is 0 Å². The number of anilines is 1. The number of thiophene rings is 1. The van der Waals surface area contributed by atoms with Crippen LogP contribution < -0.4 is 4.90 Å². The Labute approximate surface area is 127 Å². The summed E-state index contributed by atoms with van der Waals surface area (Å²) in [5.74, 6) is -0.471. The highest BCUT2D eigenvalue weighted by molar-refractivity contribution is 7.16. The highest BCUT2D eigenvalue weighted by Crippen LogP contribution is 2.34. The van der Waals surface area contributed by atoms with Crippen molar-refractivity contribution in [1.29, 1.82) is 0 Å². The third kappa shape index (κ3) is 2.34. The average Bonchev–Trinajstić information content (AvgIpc) is 3.09. The van der Waals surface area contributed by atoms with Crippen LogP contribution in [0.4, 0.5) is 5.69 Å². The molecule has 2 aromatic rings. The topological polar surface area (TPSA) is 46.6 Å². The first-order valence-electron chi connectivity index (χ1n) is 6.71. The SMILES string of the molecule is COC(=O)c1ccc(C(=O)N2c3ccccc3C[C@@H]2C)s1. The molecule has 1 aromatic heterocycles. The molecule has 4 nitrogen and oxygen atoms in total. The molecule has 0 bridgehead atoms. The van der Waals surface area contributed by atoms with E-state index < -0.39 is 5.97 Å². The van der Waals surface area contributed by atoms with E-state index in [9.17, 15) is 9.59 Å². The lowest BCUT2D eigenvalue weighted by Gasteiger charge is -2.21. The van der Waals surface area contributed by atoms with Crippen molar-refractivity contribution in [3.63, 3.8) is 0 Å². The van der Waals surface area contributed by atoms with E-state index in [4.69, 9.17) is 0 Å². The van der Waals surface area contributed by atoms with Crippen LogP contribution in [0.5, 0.6) is 0 Å². The molecule has 1 amide bonds. The van der Waals surface area contributed by atoms with E-state index in [1.165, 1.54) is 24.0 Å². The summed E-state index contributed by atoms with van der Waals surface area (Å²) >= 11 is 1.17. The van der Waals surface area contributed by atoms with Crippen molar-refractivity contribution in [3.05, 3.63) is 51.7 Å². The highest BCUT2D eigenvalue weighted by atomic mass is 32.1. The van der Waals surface area contributed by atoms with Crippen molar-refractivity contribution in [2.24, 2.45) is 0 Å². The van der Waals surface area contributed by atoms with E-state index in [0.29, 0.717) is 9.75 Å². The molecule has 0 unspecified atom stereocenters. The molecule has 2 heterocycles. The van der Waals surface area contributed by atoms with Gasteiger partial charge in [0.25, 0.3) is 5.91 Å². The number of para-hydroxylation sites is 1. The summed E-state index contributed by atoms with van der Waals surface area (Å²) in [5.41, 5.74) is 2.14. The number of ether oxygens (including phenoxy) is 1. The van der Waals surface area contributed by atoms with Gasteiger partial charge < -0.3 is 9.64 Å². The van der Waals surface area contributed by atoms with Gasteiger partial charge in [0, 0.05) is 11.7 Å². The van der Waals surface area contributed by atoms with Crippen molar-refractivity contribution in [2.45, 2.75) is 19.4 Å². The molecule has 1 atom stereocenters. The zero-order valence-corrected chi connectivity index (χ0v) is 12.6. The second-order valence-electron chi connectivity index (χ2n) is 5.01. The number of hydrogen-bond acceptors (Lipinski definition) is 4. The molecule has 1 aliphatic heterocycles. The Morgan fingerprint density at radius 2 is 1.90 bits per heavy atom. The summed E-state index contributed by atoms with van der Waals surface area (Å²) in [4.78, 5) is 27.0. The van der Waals surface area contributed by atoms with Crippen molar-refractivity contribution in [2.75, 3.05) is 12.0 Å². The largest absolute Gasteiger partial charge is 0.465 e. The van der Waals surface area contributed by atoms with E-state index >= 15 is 0 Å². The number of hydrogen-bond donors (Lipinski definition) is 0. The van der Waals surface area contributed by atoms with Crippen molar-refractivity contribution < 1.29 is 14.3 Å². The monoisotopic (exact) mass is 301 g/mol. The second-order valence-corrected chi connectivity index (χ2v) is 6.10. The Morgan fingerprint density at radius 1 is 1.19 bits per heavy atom. The van der Waals surface area contributed by atoms with Gasteiger partial charge in [0.15, 0.2) is 0 Å². The predicted molar refractivity (Wildman–Crippen MR) is 82.1 cm³/mol. The number of fused-ring (bicyclic) bond motifs is 1. The summed E-state index contributed by atoms with van der Waals surface area (Å²) in [6.07, 6.45) is 0.858. The molecular weight excluding hydrogens is 286 g/mol. The van der Waals surface area contributed by atoms with E-state index in [1.54, 1.807) is 12.1 Å². The molecule has 0 fully saturated rings. The zero-order chi connectivity index (χ0) is 15.0. The molecular formula is C16H15NO3S. The Balaban J connectivity index is 1.92. The van der Waals surface area contributed by atoms with E-state index in [2.05, 4.69) is 4.74 Å². The van der Waals surface area contributed by atoms with Gasteiger partial charge in [-0.25, -0.2) is 4.79 Å². The van der Waals surface area contributed by atoms with Gasteiger partial charge in [0.2, 0.25) is 0 Å². The van der Waals surface area contributed by atoms with Gasteiger partial charge in [-0.2, -0.15) is 0 Å². The molecule has 3 rings (SSSR count). The number of carbonyl (C=O) groups excluding carboxylic acids is 2. The van der Waals surface area contributed by atoms with Crippen LogP contribution >= 0.6 is 11.3 Å². The minimum absolute atomic E-state index is 0.0624. The molecule has 21 heavy (non-hydrogen) atoms. The van der Waals surface area contributed by atoms with Crippen molar-refractivity contribution in [3.8, 4) is 0 Å². The quantitative estimate of drug-likeness (QED) is 0.801. The van der Waals surface area contributed by atoms with E-state index in [-0.39, 0.29) is 11.9 Å². The van der Waals surface area contributed by atoms with Crippen molar-refractivity contribution >= 4 is 28.9 Å². The fraction of sp³-hybridized carbons (Fsp3) is 0.250. The lowest BCUT2D eigenvalue weighted by molar-refractivity contribution is 0.0606. The van der Waals surface area contributed by atoms with Gasteiger partial charge in [-0.1, -0.05) is 18.2 Å². The molecule has 1 aliphatic rings. The third-order valence-electron chi connectivity index (χ3n) is 3.63. The van der Waals surface area contributed by atoms with Crippen LogP contribution in [-0.2, 0) is 11.2 Å². The fourth-order valence-electron chi connectivity index (χ4n) is 2.66. The number of rotatable bonds is 2. The van der Waals surface area contributed by atoms with Gasteiger partial charge in [-0.05, 0) is 37.1 Å². The number of nitrogens with zero attached hydrogens (tertiary/aromatic N) is 1. The van der Waals surface area contributed by atoms with Crippen LogP contribution in [0.1, 0.15) is 31.8 Å². The number of methoxy groups -OCH3 is 1. The summed E-state index contributed by atoms with van der Waals surface area (Å²) in [6.45, 7) is 2.03. The van der Waals surface area contributed by atoms with Crippen LogP contribution in [0.3, 0.4) is 0 Å². The number of amides is 1. The molecule has 0 saturated heterocycles. The molecule has 0 N–H and O–H groups in total. The van der Waals surface area contributed by atoms with Gasteiger partial charge in [-0.3, -0.25) is 4.79 Å². The van der Waals surface area contributed by atoms with Gasteiger partial charge >= 0.3 is 5.97 Å². The smallest absolute Gasteiger partial charge is 0.348 e. The Kier molecular flexibility index (Phi) is 3.51. The highest BCUT2D eigenvalue weighted by Gasteiger charge is 2.32. The predicted octanol–water partition coefficient (Wildman–Crippen LogP) is 3.13. The lowest BCUT2D eigenvalue weighted by atomic mass is 10.1. The molecule has 0 radical (unpaired) electrons. The lowest BCUT2D eigenvalue weighted by Crippen LogP contribution is -2.35. The second kappa shape index (κ2) is 5.33. The maximum Gasteiger partial charge on any atom is 0.348 e. The molecule has 0 saturated carbocycles. The molecule has 5 heteroatoms. The summed E-state index contributed by atoms with van der Waals surface area (Å²) in [7, 11) is 1.34. The fourth-order valence-corrected chi connectivity index (χ4v) is 3.52. The summed E-state index contributed by atoms with van der Waals surface area (Å²) in [6, 6.07) is 11.4.